The fourth-order valence-electron chi connectivity index (χ4n) is 2.44. The number of nitrogens with one attached hydrogen (secondary N) is 1. The van der Waals surface area contributed by atoms with Crippen LogP contribution < -0.4 is 5.32 Å². The second-order valence-corrected chi connectivity index (χ2v) is 5.57. The lowest BCUT2D eigenvalue weighted by Gasteiger charge is -2.41. The van der Waals surface area contributed by atoms with Crippen LogP contribution in [0.15, 0.2) is 0 Å². The minimum atomic E-state index is -0.226. The molecule has 0 heterocycles. The lowest BCUT2D eigenvalue weighted by Crippen LogP contribution is -2.59. The van der Waals surface area contributed by atoms with E-state index in [4.69, 9.17) is 0 Å². The maximum atomic E-state index is 11.7. The summed E-state index contributed by atoms with van der Waals surface area (Å²) < 4.78 is 0. The number of hydrogen-bond donors (Lipinski definition) is 1. The average molecular weight is 197 g/mol. The van der Waals surface area contributed by atoms with E-state index < -0.39 is 0 Å². The van der Waals surface area contributed by atoms with Gasteiger partial charge in [0.2, 0.25) is 0 Å². The first-order valence-corrected chi connectivity index (χ1v) is 5.66. The van der Waals surface area contributed by atoms with Crippen molar-refractivity contribution in [1.82, 2.24) is 5.32 Å². The van der Waals surface area contributed by atoms with Crippen molar-refractivity contribution in [2.75, 3.05) is 0 Å². The lowest BCUT2D eigenvalue weighted by atomic mass is 9.77. The normalized spacial score (nSPS) is 22.0. The van der Waals surface area contributed by atoms with Crippen LogP contribution in [0.1, 0.15) is 59.8 Å². The third-order valence-electron chi connectivity index (χ3n) is 3.00. The molecule has 1 aliphatic carbocycles. The number of hydrogen-bond acceptors (Lipinski definition) is 2. The number of Topliss-reactive ketones (excluding diaryl/α,β-unsaturated/α-hetero) is 1. The summed E-state index contributed by atoms with van der Waals surface area (Å²) in [6, 6.07) is 0. The molecule has 0 atom stereocenters. The largest absolute Gasteiger partial charge is 0.300 e. The van der Waals surface area contributed by atoms with E-state index in [1.807, 2.05) is 0 Å². The standard InChI is InChI=1S/C12H23NO/c1-10(14)12(13-11(2,3)4)8-6-5-7-9-12/h13H,5-9H2,1-4H3. The fraction of sp³-hybridized carbons (Fsp3) is 0.917. The van der Waals surface area contributed by atoms with Gasteiger partial charge < -0.3 is 5.32 Å². The Hall–Kier alpha value is -0.370. The molecule has 1 rings (SSSR count). The van der Waals surface area contributed by atoms with Crippen molar-refractivity contribution in [2.24, 2.45) is 0 Å². The summed E-state index contributed by atoms with van der Waals surface area (Å²) in [7, 11) is 0. The van der Waals surface area contributed by atoms with Gasteiger partial charge in [0.15, 0.2) is 0 Å². The average Bonchev–Trinajstić information content (AvgIpc) is 2.02. The zero-order valence-electron chi connectivity index (χ0n) is 9.94. The third kappa shape index (κ3) is 2.81. The zero-order chi connectivity index (χ0) is 10.8. The van der Waals surface area contributed by atoms with E-state index in [9.17, 15) is 4.79 Å². The molecule has 2 nitrogen and oxygen atoms in total. The summed E-state index contributed by atoms with van der Waals surface area (Å²) in [4.78, 5) is 11.7. The van der Waals surface area contributed by atoms with Gasteiger partial charge in [-0.05, 0) is 40.5 Å². The quantitative estimate of drug-likeness (QED) is 0.737. The molecule has 1 fully saturated rings. The summed E-state index contributed by atoms with van der Waals surface area (Å²) in [5, 5.41) is 3.52. The number of carbonyl (C=O) groups is 1. The first-order valence-electron chi connectivity index (χ1n) is 5.66. The van der Waals surface area contributed by atoms with Crippen molar-refractivity contribution < 1.29 is 4.79 Å². The molecule has 0 bridgehead atoms. The highest BCUT2D eigenvalue weighted by molar-refractivity contribution is 5.86. The van der Waals surface area contributed by atoms with Crippen LogP contribution in [0.3, 0.4) is 0 Å². The van der Waals surface area contributed by atoms with E-state index in [1.165, 1.54) is 19.3 Å². The summed E-state index contributed by atoms with van der Waals surface area (Å²) >= 11 is 0. The summed E-state index contributed by atoms with van der Waals surface area (Å²) in [5.41, 5.74) is -0.195. The van der Waals surface area contributed by atoms with Crippen LogP contribution in [-0.4, -0.2) is 16.9 Å². The van der Waals surface area contributed by atoms with Crippen LogP contribution in [0, 0.1) is 0 Å². The molecule has 1 N–H and O–H groups in total. The van der Waals surface area contributed by atoms with E-state index >= 15 is 0 Å². The topological polar surface area (TPSA) is 29.1 Å². The van der Waals surface area contributed by atoms with Crippen molar-refractivity contribution in [3.63, 3.8) is 0 Å². The first kappa shape index (κ1) is 11.7. The smallest absolute Gasteiger partial charge is 0.149 e. The molecule has 1 saturated carbocycles. The van der Waals surface area contributed by atoms with Gasteiger partial charge >= 0.3 is 0 Å². The van der Waals surface area contributed by atoms with Gasteiger partial charge in [-0.1, -0.05) is 19.3 Å². The maximum Gasteiger partial charge on any atom is 0.149 e. The molecular formula is C12H23NO. The Morgan fingerprint density at radius 2 is 1.64 bits per heavy atom. The van der Waals surface area contributed by atoms with Gasteiger partial charge in [-0.25, -0.2) is 0 Å². The van der Waals surface area contributed by atoms with E-state index in [-0.39, 0.29) is 11.1 Å². The highest BCUT2D eigenvalue weighted by Gasteiger charge is 2.38. The molecule has 0 saturated heterocycles. The number of ketones is 1. The molecule has 0 radical (unpaired) electrons. The Balaban J connectivity index is 2.76. The van der Waals surface area contributed by atoms with E-state index in [0.717, 1.165) is 12.8 Å². The molecule has 2 heteroatoms. The van der Waals surface area contributed by atoms with Crippen molar-refractivity contribution in [1.29, 1.82) is 0 Å². The number of rotatable bonds is 2. The molecule has 0 aromatic rings. The minimum absolute atomic E-state index is 0.0308. The Kier molecular flexibility index (Phi) is 3.36. The van der Waals surface area contributed by atoms with Crippen LogP contribution in [0.5, 0.6) is 0 Å². The second-order valence-electron chi connectivity index (χ2n) is 5.57. The summed E-state index contributed by atoms with van der Waals surface area (Å²) in [6.07, 6.45) is 5.67. The predicted octanol–water partition coefficient (Wildman–Crippen LogP) is 2.67. The highest BCUT2D eigenvalue weighted by Crippen LogP contribution is 2.30. The molecule has 14 heavy (non-hydrogen) atoms. The molecule has 0 aromatic heterocycles. The van der Waals surface area contributed by atoms with E-state index in [2.05, 4.69) is 26.1 Å². The summed E-state index contributed by atoms with van der Waals surface area (Å²) in [6.45, 7) is 8.12. The van der Waals surface area contributed by atoms with Crippen molar-refractivity contribution in [3.05, 3.63) is 0 Å². The molecule has 0 spiro atoms. The summed E-state index contributed by atoms with van der Waals surface area (Å²) in [5.74, 6) is 0.312. The predicted molar refractivity (Wildman–Crippen MR) is 59.4 cm³/mol. The number of carbonyl (C=O) groups excluding carboxylic acids is 1. The van der Waals surface area contributed by atoms with Crippen molar-refractivity contribution in [2.45, 2.75) is 70.9 Å². The minimum Gasteiger partial charge on any atom is -0.300 e. The monoisotopic (exact) mass is 197 g/mol. The Labute approximate surface area is 87.5 Å². The lowest BCUT2D eigenvalue weighted by molar-refractivity contribution is -0.125. The SMILES string of the molecule is CC(=O)C1(NC(C)(C)C)CCCCC1. The molecule has 82 valence electrons. The van der Waals surface area contributed by atoms with Gasteiger partial charge in [-0.15, -0.1) is 0 Å². The van der Waals surface area contributed by atoms with E-state index in [0.29, 0.717) is 5.78 Å². The zero-order valence-corrected chi connectivity index (χ0v) is 9.94. The van der Waals surface area contributed by atoms with E-state index in [1.54, 1.807) is 6.92 Å². The molecule has 0 amide bonds. The van der Waals surface area contributed by atoms with Gasteiger partial charge in [0.1, 0.15) is 5.78 Å². The van der Waals surface area contributed by atoms with Gasteiger partial charge in [0.05, 0.1) is 5.54 Å². The van der Waals surface area contributed by atoms with Crippen LogP contribution in [0.4, 0.5) is 0 Å². The molecule has 1 aliphatic rings. The van der Waals surface area contributed by atoms with Crippen LogP contribution >= 0.6 is 0 Å². The Bertz CT molecular complexity index is 209. The maximum absolute atomic E-state index is 11.7. The van der Waals surface area contributed by atoms with Gasteiger partial charge in [-0.3, -0.25) is 4.79 Å². The van der Waals surface area contributed by atoms with Crippen molar-refractivity contribution in [3.8, 4) is 0 Å². The van der Waals surface area contributed by atoms with Gasteiger partial charge in [0.25, 0.3) is 0 Å². The van der Waals surface area contributed by atoms with Crippen molar-refractivity contribution >= 4 is 5.78 Å². The second kappa shape index (κ2) is 4.01. The molecule has 0 aliphatic heterocycles. The van der Waals surface area contributed by atoms with Crippen LogP contribution in [0.2, 0.25) is 0 Å². The highest BCUT2D eigenvalue weighted by atomic mass is 16.1. The fourth-order valence-corrected chi connectivity index (χ4v) is 2.44. The van der Waals surface area contributed by atoms with Gasteiger partial charge in [-0.2, -0.15) is 0 Å². The van der Waals surface area contributed by atoms with Crippen LogP contribution in [0.25, 0.3) is 0 Å². The molecular weight excluding hydrogens is 174 g/mol. The molecule has 0 aromatic carbocycles. The van der Waals surface area contributed by atoms with Gasteiger partial charge in [0, 0.05) is 5.54 Å². The Morgan fingerprint density at radius 3 is 2.00 bits per heavy atom. The third-order valence-corrected chi connectivity index (χ3v) is 3.00. The van der Waals surface area contributed by atoms with Crippen LogP contribution in [-0.2, 0) is 4.79 Å². The molecule has 0 unspecified atom stereocenters. The first-order chi connectivity index (χ1) is 6.36. The Morgan fingerprint density at radius 1 is 1.14 bits per heavy atom.